The number of rotatable bonds is 11. The number of hydrogen-bond donors (Lipinski definition) is 1. The van der Waals surface area contributed by atoms with E-state index in [1.54, 1.807) is 14.2 Å². The molecular formula is C15H25NO4. The minimum atomic E-state index is 0.0885. The normalized spacial score (nSPS) is 12.3. The summed E-state index contributed by atoms with van der Waals surface area (Å²) in [6, 6.07) is 8.06. The Labute approximate surface area is 121 Å². The SMILES string of the molecule is CNC(COCCOC)c1ccccc1OCCOC. The Hall–Kier alpha value is -1.14. The van der Waals surface area contributed by atoms with Crippen molar-refractivity contribution < 1.29 is 18.9 Å². The molecule has 0 aliphatic heterocycles. The Kier molecular flexibility index (Phi) is 8.98. The maximum absolute atomic E-state index is 5.74. The Morgan fingerprint density at radius 1 is 1.00 bits per heavy atom. The third-order valence-corrected chi connectivity index (χ3v) is 2.90. The van der Waals surface area contributed by atoms with Crippen LogP contribution in [0.15, 0.2) is 24.3 Å². The Balaban J connectivity index is 2.60. The van der Waals surface area contributed by atoms with Crippen molar-refractivity contribution in [1.82, 2.24) is 5.32 Å². The average Bonchev–Trinajstić information content (AvgIpc) is 2.49. The van der Waals surface area contributed by atoms with Crippen LogP contribution in [0, 0.1) is 0 Å². The standard InChI is InChI=1S/C15H25NO4/c1-16-14(12-19-10-8-17-2)13-6-4-5-7-15(13)20-11-9-18-3/h4-7,14,16H,8-12H2,1-3H3. The molecule has 5 nitrogen and oxygen atoms in total. The van der Waals surface area contributed by atoms with Crippen LogP contribution in [0.1, 0.15) is 11.6 Å². The fourth-order valence-corrected chi connectivity index (χ4v) is 1.81. The molecule has 0 saturated heterocycles. The molecule has 0 heterocycles. The summed E-state index contributed by atoms with van der Waals surface area (Å²) < 4.78 is 21.3. The first-order chi connectivity index (χ1) is 9.83. The second-order valence-corrected chi connectivity index (χ2v) is 4.29. The largest absolute Gasteiger partial charge is 0.491 e. The van der Waals surface area contributed by atoms with E-state index in [1.807, 2.05) is 31.3 Å². The molecule has 1 rings (SSSR count). The molecule has 1 aromatic rings. The van der Waals surface area contributed by atoms with Gasteiger partial charge in [0.05, 0.1) is 32.5 Å². The summed E-state index contributed by atoms with van der Waals surface area (Å²) in [4.78, 5) is 0. The predicted octanol–water partition coefficient (Wildman–Crippen LogP) is 1.64. The van der Waals surface area contributed by atoms with E-state index < -0.39 is 0 Å². The van der Waals surface area contributed by atoms with Crippen LogP contribution in [-0.2, 0) is 14.2 Å². The quantitative estimate of drug-likeness (QED) is 0.626. The first-order valence-electron chi connectivity index (χ1n) is 6.78. The van der Waals surface area contributed by atoms with E-state index in [9.17, 15) is 0 Å². The number of methoxy groups -OCH3 is 2. The average molecular weight is 283 g/mol. The number of ether oxygens (including phenoxy) is 4. The van der Waals surface area contributed by atoms with Gasteiger partial charge in [0.15, 0.2) is 0 Å². The zero-order chi connectivity index (χ0) is 14.6. The molecule has 0 bridgehead atoms. The highest BCUT2D eigenvalue weighted by molar-refractivity contribution is 5.36. The lowest BCUT2D eigenvalue weighted by Crippen LogP contribution is -2.23. The van der Waals surface area contributed by atoms with Gasteiger partial charge >= 0.3 is 0 Å². The molecule has 0 spiro atoms. The molecule has 0 amide bonds. The summed E-state index contributed by atoms with van der Waals surface area (Å²) in [5.41, 5.74) is 1.09. The van der Waals surface area contributed by atoms with Gasteiger partial charge in [0, 0.05) is 19.8 Å². The highest BCUT2D eigenvalue weighted by atomic mass is 16.5. The van der Waals surface area contributed by atoms with Crippen molar-refractivity contribution in [2.24, 2.45) is 0 Å². The van der Waals surface area contributed by atoms with Gasteiger partial charge in [-0.05, 0) is 13.1 Å². The van der Waals surface area contributed by atoms with E-state index in [2.05, 4.69) is 5.32 Å². The summed E-state index contributed by atoms with van der Waals surface area (Å²) in [5, 5.41) is 3.25. The van der Waals surface area contributed by atoms with Crippen molar-refractivity contribution in [3.63, 3.8) is 0 Å². The van der Waals surface area contributed by atoms with Gasteiger partial charge in [-0.2, -0.15) is 0 Å². The zero-order valence-electron chi connectivity index (χ0n) is 12.6. The predicted molar refractivity (Wildman–Crippen MR) is 78.3 cm³/mol. The van der Waals surface area contributed by atoms with E-state index in [-0.39, 0.29) is 6.04 Å². The second-order valence-electron chi connectivity index (χ2n) is 4.29. The van der Waals surface area contributed by atoms with Crippen LogP contribution in [0.25, 0.3) is 0 Å². The lowest BCUT2D eigenvalue weighted by molar-refractivity contribution is 0.0590. The Morgan fingerprint density at radius 2 is 1.70 bits per heavy atom. The highest BCUT2D eigenvalue weighted by Crippen LogP contribution is 2.25. The minimum Gasteiger partial charge on any atom is -0.491 e. The zero-order valence-corrected chi connectivity index (χ0v) is 12.6. The number of para-hydroxylation sites is 1. The molecule has 0 fully saturated rings. The molecule has 1 atom stereocenters. The maximum atomic E-state index is 5.74. The third kappa shape index (κ3) is 5.88. The van der Waals surface area contributed by atoms with Crippen molar-refractivity contribution in [3.8, 4) is 5.75 Å². The van der Waals surface area contributed by atoms with Crippen LogP contribution >= 0.6 is 0 Å². The maximum Gasteiger partial charge on any atom is 0.124 e. The molecule has 5 heteroatoms. The van der Waals surface area contributed by atoms with E-state index in [4.69, 9.17) is 18.9 Å². The Bertz CT molecular complexity index is 359. The summed E-state index contributed by atoms with van der Waals surface area (Å²) in [6.45, 7) is 2.87. The summed E-state index contributed by atoms with van der Waals surface area (Å²) in [6.07, 6.45) is 0. The van der Waals surface area contributed by atoms with E-state index in [0.717, 1.165) is 11.3 Å². The number of nitrogens with one attached hydrogen (secondary N) is 1. The van der Waals surface area contributed by atoms with Gasteiger partial charge in [0.1, 0.15) is 12.4 Å². The van der Waals surface area contributed by atoms with E-state index >= 15 is 0 Å². The minimum absolute atomic E-state index is 0.0885. The van der Waals surface area contributed by atoms with Gasteiger partial charge in [-0.3, -0.25) is 0 Å². The van der Waals surface area contributed by atoms with Crippen molar-refractivity contribution in [1.29, 1.82) is 0 Å². The molecular weight excluding hydrogens is 258 g/mol. The summed E-state index contributed by atoms with van der Waals surface area (Å²) >= 11 is 0. The molecule has 114 valence electrons. The highest BCUT2D eigenvalue weighted by Gasteiger charge is 2.14. The van der Waals surface area contributed by atoms with Crippen molar-refractivity contribution in [3.05, 3.63) is 29.8 Å². The van der Waals surface area contributed by atoms with Crippen LogP contribution in [0.3, 0.4) is 0 Å². The topological polar surface area (TPSA) is 49.0 Å². The molecule has 0 aliphatic carbocycles. The first-order valence-corrected chi connectivity index (χ1v) is 6.78. The van der Waals surface area contributed by atoms with Crippen LogP contribution in [-0.4, -0.2) is 54.3 Å². The molecule has 0 aliphatic rings. The van der Waals surface area contributed by atoms with E-state index in [1.165, 1.54) is 0 Å². The second kappa shape index (κ2) is 10.6. The van der Waals surface area contributed by atoms with Gasteiger partial charge in [-0.15, -0.1) is 0 Å². The van der Waals surface area contributed by atoms with Crippen molar-refractivity contribution in [2.75, 3.05) is 54.3 Å². The molecule has 1 N–H and O–H groups in total. The molecule has 0 radical (unpaired) electrons. The monoisotopic (exact) mass is 283 g/mol. The number of likely N-dealkylation sites (N-methyl/N-ethyl adjacent to an activating group) is 1. The first kappa shape index (κ1) is 16.9. The van der Waals surface area contributed by atoms with Gasteiger partial charge < -0.3 is 24.3 Å². The van der Waals surface area contributed by atoms with Gasteiger partial charge in [-0.25, -0.2) is 0 Å². The number of hydrogen-bond acceptors (Lipinski definition) is 5. The number of benzene rings is 1. The molecule has 0 aromatic heterocycles. The Morgan fingerprint density at radius 3 is 2.40 bits per heavy atom. The lowest BCUT2D eigenvalue weighted by Gasteiger charge is -2.20. The van der Waals surface area contributed by atoms with E-state index in [0.29, 0.717) is 33.0 Å². The molecule has 20 heavy (non-hydrogen) atoms. The van der Waals surface area contributed by atoms with Gasteiger partial charge in [0.25, 0.3) is 0 Å². The van der Waals surface area contributed by atoms with Gasteiger partial charge in [0.2, 0.25) is 0 Å². The summed E-state index contributed by atoms with van der Waals surface area (Å²) in [5.74, 6) is 0.860. The van der Waals surface area contributed by atoms with Crippen LogP contribution in [0.5, 0.6) is 5.75 Å². The van der Waals surface area contributed by atoms with Crippen LogP contribution < -0.4 is 10.1 Å². The smallest absolute Gasteiger partial charge is 0.124 e. The molecule has 1 unspecified atom stereocenters. The molecule has 0 saturated carbocycles. The van der Waals surface area contributed by atoms with Crippen molar-refractivity contribution >= 4 is 0 Å². The van der Waals surface area contributed by atoms with Crippen LogP contribution in [0.2, 0.25) is 0 Å². The van der Waals surface area contributed by atoms with Crippen LogP contribution in [0.4, 0.5) is 0 Å². The van der Waals surface area contributed by atoms with Gasteiger partial charge in [-0.1, -0.05) is 18.2 Å². The lowest BCUT2D eigenvalue weighted by atomic mass is 10.1. The summed E-state index contributed by atoms with van der Waals surface area (Å²) in [7, 11) is 5.24. The molecule has 1 aromatic carbocycles. The fourth-order valence-electron chi connectivity index (χ4n) is 1.81. The fraction of sp³-hybridized carbons (Fsp3) is 0.600. The van der Waals surface area contributed by atoms with Crippen molar-refractivity contribution in [2.45, 2.75) is 6.04 Å². The third-order valence-electron chi connectivity index (χ3n) is 2.90.